The summed E-state index contributed by atoms with van der Waals surface area (Å²) in [6, 6.07) is 14.3. The Morgan fingerprint density at radius 1 is 1.08 bits per heavy atom. The largest absolute Gasteiger partial charge is 0.496 e. The fourth-order valence-electron chi connectivity index (χ4n) is 2.14. The lowest BCUT2D eigenvalue weighted by molar-refractivity contribution is -0.122. The Morgan fingerprint density at radius 2 is 1.71 bits per heavy atom. The van der Waals surface area contributed by atoms with Crippen molar-refractivity contribution in [3.8, 4) is 5.75 Å². The number of para-hydroxylation sites is 1. The number of hydrogen-bond donors (Lipinski definition) is 2. The lowest BCUT2D eigenvalue weighted by atomic mass is 10.2. The molecule has 2 aromatic rings. The molecular formula is C17H20N2O4S. The molecule has 6 nitrogen and oxygen atoms in total. The Morgan fingerprint density at radius 3 is 2.38 bits per heavy atom. The first-order valence-electron chi connectivity index (χ1n) is 7.41. The summed E-state index contributed by atoms with van der Waals surface area (Å²) in [5, 5.41) is 2.70. The quantitative estimate of drug-likeness (QED) is 0.797. The molecule has 0 radical (unpaired) electrons. The monoisotopic (exact) mass is 348 g/mol. The summed E-state index contributed by atoms with van der Waals surface area (Å²) in [5.41, 5.74) is 0.812. The number of carbonyl (C=O) groups excluding carboxylic acids is 1. The summed E-state index contributed by atoms with van der Waals surface area (Å²) >= 11 is 0. The van der Waals surface area contributed by atoms with Crippen LogP contribution in [0.4, 0.5) is 0 Å². The molecule has 0 spiro atoms. The van der Waals surface area contributed by atoms with Crippen molar-refractivity contribution in [3.63, 3.8) is 0 Å². The Bertz CT molecular complexity index is 791. The van der Waals surface area contributed by atoms with Gasteiger partial charge in [-0.15, -0.1) is 0 Å². The molecule has 2 N–H and O–H groups in total. The predicted octanol–water partition coefficient (Wildman–Crippen LogP) is 1.68. The van der Waals surface area contributed by atoms with Gasteiger partial charge in [-0.05, 0) is 25.1 Å². The molecule has 0 heterocycles. The van der Waals surface area contributed by atoms with Gasteiger partial charge >= 0.3 is 0 Å². The molecule has 128 valence electrons. The van der Waals surface area contributed by atoms with E-state index in [0.29, 0.717) is 5.75 Å². The van der Waals surface area contributed by atoms with Gasteiger partial charge in [0.2, 0.25) is 15.9 Å². The Kier molecular flexibility index (Phi) is 5.94. The Balaban J connectivity index is 1.97. The van der Waals surface area contributed by atoms with Crippen molar-refractivity contribution >= 4 is 15.9 Å². The topological polar surface area (TPSA) is 84.5 Å². The van der Waals surface area contributed by atoms with Gasteiger partial charge in [-0.25, -0.2) is 8.42 Å². The maximum atomic E-state index is 12.2. The van der Waals surface area contributed by atoms with Crippen molar-refractivity contribution in [1.82, 2.24) is 10.0 Å². The van der Waals surface area contributed by atoms with Crippen LogP contribution in [0.5, 0.6) is 5.75 Å². The van der Waals surface area contributed by atoms with Crippen LogP contribution in [0.25, 0.3) is 0 Å². The van der Waals surface area contributed by atoms with Gasteiger partial charge in [0.15, 0.2) is 0 Å². The average Bonchev–Trinajstić information content (AvgIpc) is 2.60. The summed E-state index contributed by atoms with van der Waals surface area (Å²) in [5.74, 6) is 0.246. The minimum Gasteiger partial charge on any atom is -0.496 e. The molecule has 0 aliphatic rings. The molecule has 0 saturated carbocycles. The molecule has 0 aliphatic carbocycles. The molecule has 0 saturated heterocycles. The first kappa shape index (κ1) is 18.0. The normalized spacial score (nSPS) is 12.4. The minimum atomic E-state index is -3.74. The molecule has 0 unspecified atom stereocenters. The lowest BCUT2D eigenvalue weighted by Gasteiger charge is -2.15. The van der Waals surface area contributed by atoms with Crippen LogP contribution in [-0.2, 0) is 21.4 Å². The predicted molar refractivity (Wildman–Crippen MR) is 91.1 cm³/mol. The van der Waals surface area contributed by atoms with Gasteiger partial charge in [-0.3, -0.25) is 4.79 Å². The fraction of sp³-hybridized carbons (Fsp3) is 0.235. The van der Waals surface area contributed by atoms with E-state index in [1.54, 1.807) is 31.4 Å². The molecule has 2 aromatic carbocycles. The van der Waals surface area contributed by atoms with Crippen molar-refractivity contribution in [1.29, 1.82) is 0 Å². The van der Waals surface area contributed by atoms with Crippen molar-refractivity contribution in [2.45, 2.75) is 24.4 Å². The molecule has 0 aromatic heterocycles. The van der Waals surface area contributed by atoms with Gasteiger partial charge < -0.3 is 10.1 Å². The Labute approximate surface area is 141 Å². The van der Waals surface area contributed by atoms with Crippen LogP contribution in [0.3, 0.4) is 0 Å². The number of ether oxygens (including phenoxy) is 1. The molecular weight excluding hydrogens is 328 g/mol. The van der Waals surface area contributed by atoms with Gasteiger partial charge in [0.1, 0.15) is 5.75 Å². The molecule has 0 aliphatic heterocycles. The summed E-state index contributed by atoms with van der Waals surface area (Å²) in [6.45, 7) is 1.75. The van der Waals surface area contributed by atoms with E-state index in [1.807, 2.05) is 18.2 Å². The number of carbonyl (C=O) groups is 1. The molecule has 0 fully saturated rings. The summed E-state index contributed by atoms with van der Waals surface area (Å²) in [4.78, 5) is 12.3. The van der Waals surface area contributed by atoms with E-state index in [-0.39, 0.29) is 11.4 Å². The second kappa shape index (κ2) is 7.94. The van der Waals surface area contributed by atoms with Crippen LogP contribution < -0.4 is 14.8 Å². The van der Waals surface area contributed by atoms with Crippen LogP contribution >= 0.6 is 0 Å². The maximum absolute atomic E-state index is 12.2. The SMILES string of the molecule is COc1ccccc1CNC(=O)[C@@H](C)NS(=O)(=O)c1ccccc1. The molecule has 1 amide bonds. The number of benzene rings is 2. The van der Waals surface area contributed by atoms with Crippen molar-refractivity contribution in [3.05, 3.63) is 60.2 Å². The van der Waals surface area contributed by atoms with E-state index >= 15 is 0 Å². The van der Waals surface area contributed by atoms with Crippen LogP contribution in [0.2, 0.25) is 0 Å². The van der Waals surface area contributed by atoms with Crippen molar-refractivity contribution in [2.75, 3.05) is 7.11 Å². The molecule has 24 heavy (non-hydrogen) atoms. The first-order chi connectivity index (χ1) is 11.4. The van der Waals surface area contributed by atoms with E-state index in [9.17, 15) is 13.2 Å². The van der Waals surface area contributed by atoms with Crippen molar-refractivity contribution in [2.24, 2.45) is 0 Å². The van der Waals surface area contributed by atoms with E-state index in [1.165, 1.54) is 19.1 Å². The smallest absolute Gasteiger partial charge is 0.241 e. The minimum absolute atomic E-state index is 0.120. The number of amides is 1. The van der Waals surface area contributed by atoms with Crippen LogP contribution in [0.1, 0.15) is 12.5 Å². The lowest BCUT2D eigenvalue weighted by Crippen LogP contribution is -2.44. The fourth-order valence-corrected chi connectivity index (χ4v) is 3.36. The third-order valence-corrected chi connectivity index (χ3v) is 4.98. The first-order valence-corrected chi connectivity index (χ1v) is 8.89. The Hall–Kier alpha value is -2.38. The van der Waals surface area contributed by atoms with Crippen LogP contribution in [0, 0.1) is 0 Å². The average molecular weight is 348 g/mol. The highest BCUT2D eigenvalue weighted by Gasteiger charge is 2.21. The third kappa shape index (κ3) is 4.56. The number of nitrogens with one attached hydrogen (secondary N) is 2. The summed E-state index contributed by atoms with van der Waals surface area (Å²) in [6.07, 6.45) is 0. The maximum Gasteiger partial charge on any atom is 0.241 e. The number of rotatable bonds is 7. The zero-order valence-electron chi connectivity index (χ0n) is 13.5. The second-order valence-corrected chi connectivity index (χ2v) is 6.90. The van der Waals surface area contributed by atoms with Gasteiger partial charge in [-0.2, -0.15) is 4.72 Å². The van der Waals surface area contributed by atoms with Crippen LogP contribution in [-0.4, -0.2) is 27.5 Å². The number of methoxy groups -OCH3 is 1. The third-order valence-electron chi connectivity index (χ3n) is 3.42. The molecule has 2 rings (SSSR count). The number of sulfonamides is 1. The van der Waals surface area contributed by atoms with E-state index in [2.05, 4.69) is 10.0 Å². The van der Waals surface area contributed by atoms with Crippen molar-refractivity contribution < 1.29 is 17.9 Å². The summed E-state index contributed by atoms with van der Waals surface area (Å²) < 4.78 is 32.0. The van der Waals surface area contributed by atoms with E-state index < -0.39 is 22.0 Å². The van der Waals surface area contributed by atoms with Gasteiger partial charge in [0, 0.05) is 12.1 Å². The van der Waals surface area contributed by atoms with Gasteiger partial charge in [0.25, 0.3) is 0 Å². The highest BCUT2D eigenvalue weighted by atomic mass is 32.2. The van der Waals surface area contributed by atoms with Gasteiger partial charge in [-0.1, -0.05) is 36.4 Å². The zero-order chi connectivity index (χ0) is 17.6. The molecule has 7 heteroatoms. The second-order valence-electron chi connectivity index (χ2n) is 5.19. The molecule has 0 bridgehead atoms. The van der Waals surface area contributed by atoms with Crippen LogP contribution in [0.15, 0.2) is 59.5 Å². The summed E-state index contributed by atoms with van der Waals surface area (Å²) in [7, 11) is -2.18. The van der Waals surface area contributed by atoms with E-state index in [0.717, 1.165) is 5.56 Å². The van der Waals surface area contributed by atoms with Gasteiger partial charge in [0.05, 0.1) is 18.0 Å². The zero-order valence-corrected chi connectivity index (χ0v) is 14.3. The van der Waals surface area contributed by atoms with E-state index in [4.69, 9.17) is 4.74 Å². The highest BCUT2D eigenvalue weighted by molar-refractivity contribution is 7.89. The molecule has 1 atom stereocenters. The standard InChI is InChI=1S/C17H20N2O4S/c1-13(19-24(21,22)15-9-4-3-5-10-15)17(20)18-12-14-8-6-7-11-16(14)23-2/h3-11,13,19H,12H2,1-2H3,(H,18,20)/t13-/m1/s1. The number of hydrogen-bond acceptors (Lipinski definition) is 4. The highest BCUT2D eigenvalue weighted by Crippen LogP contribution is 2.16.